The molecule has 2 amide bonds. The van der Waals surface area contributed by atoms with E-state index in [2.05, 4.69) is 32.2 Å². The standard InChI is InChI=1S/C17H24N4O2S/c1-12-9-16(23-19-12)14-5-4-7-21(14)17(22)18-10-15(20(2)3)13-6-8-24-11-13/h6,8-9,11,14-15H,4-5,7,10H2,1-3H3,(H,18,22)/t14-,15+/m1/s1. The van der Waals surface area contributed by atoms with Crippen LogP contribution >= 0.6 is 11.3 Å². The van der Waals surface area contributed by atoms with E-state index in [1.54, 1.807) is 11.3 Å². The maximum absolute atomic E-state index is 12.7. The molecule has 6 nitrogen and oxygen atoms in total. The van der Waals surface area contributed by atoms with Crippen molar-refractivity contribution in [3.8, 4) is 0 Å². The van der Waals surface area contributed by atoms with E-state index in [-0.39, 0.29) is 18.1 Å². The number of urea groups is 1. The van der Waals surface area contributed by atoms with Gasteiger partial charge in [-0.1, -0.05) is 5.16 Å². The van der Waals surface area contributed by atoms with Gasteiger partial charge >= 0.3 is 6.03 Å². The Labute approximate surface area is 146 Å². The van der Waals surface area contributed by atoms with Gasteiger partial charge in [-0.2, -0.15) is 11.3 Å². The van der Waals surface area contributed by atoms with Crippen LogP contribution in [0.5, 0.6) is 0 Å². The van der Waals surface area contributed by atoms with Crippen molar-refractivity contribution < 1.29 is 9.32 Å². The van der Waals surface area contributed by atoms with Crippen LogP contribution < -0.4 is 5.32 Å². The molecule has 3 heterocycles. The average molecular weight is 348 g/mol. The Kier molecular flexibility index (Phi) is 5.20. The second kappa shape index (κ2) is 7.36. The van der Waals surface area contributed by atoms with Crippen LogP contribution in [0.15, 0.2) is 27.4 Å². The molecule has 0 radical (unpaired) electrons. The number of hydrogen-bond donors (Lipinski definition) is 1. The molecule has 0 aliphatic carbocycles. The molecule has 2 atom stereocenters. The molecule has 0 spiro atoms. The van der Waals surface area contributed by atoms with E-state index in [0.717, 1.165) is 30.8 Å². The van der Waals surface area contributed by atoms with Gasteiger partial charge in [-0.15, -0.1) is 0 Å². The highest BCUT2D eigenvalue weighted by atomic mass is 32.1. The fraction of sp³-hybridized carbons (Fsp3) is 0.529. The molecule has 1 aliphatic rings. The van der Waals surface area contributed by atoms with Crippen molar-refractivity contribution in [2.24, 2.45) is 0 Å². The number of carbonyl (C=O) groups is 1. The van der Waals surface area contributed by atoms with Gasteiger partial charge in [0.25, 0.3) is 0 Å². The number of aryl methyl sites for hydroxylation is 1. The fourth-order valence-corrected chi connectivity index (χ4v) is 3.90. The molecule has 24 heavy (non-hydrogen) atoms. The zero-order chi connectivity index (χ0) is 17.1. The first-order valence-corrected chi connectivity index (χ1v) is 9.16. The number of likely N-dealkylation sites (N-methyl/N-ethyl adjacent to an activating group) is 1. The third-order valence-corrected chi connectivity index (χ3v) is 5.19. The molecular weight excluding hydrogens is 324 g/mol. The molecule has 2 aromatic rings. The Morgan fingerprint density at radius 1 is 1.58 bits per heavy atom. The molecule has 0 unspecified atom stereocenters. The monoisotopic (exact) mass is 348 g/mol. The number of amides is 2. The average Bonchev–Trinajstić information content (AvgIpc) is 3.27. The zero-order valence-electron chi connectivity index (χ0n) is 14.4. The summed E-state index contributed by atoms with van der Waals surface area (Å²) < 4.78 is 5.37. The second-order valence-electron chi connectivity index (χ2n) is 6.44. The van der Waals surface area contributed by atoms with Crippen molar-refractivity contribution in [1.29, 1.82) is 0 Å². The van der Waals surface area contributed by atoms with Crippen LogP contribution in [0.2, 0.25) is 0 Å². The van der Waals surface area contributed by atoms with E-state index in [4.69, 9.17) is 4.52 Å². The lowest BCUT2D eigenvalue weighted by Gasteiger charge is -2.27. The minimum Gasteiger partial charge on any atom is -0.359 e. The van der Waals surface area contributed by atoms with Gasteiger partial charge in [-0.3, -0.25) is 0 Å². The first-order chi connectivity index (χ1) is 11.6. The van der Waals surface area contributed by atoms with Crippen molar-refractivity contribution >= 4 is 17.4 Å². The molecule has 0 bridgehead atoms. The highest BCUT2D eigenvalue weighted by Gasteiger charge is 2.33. The minimum atomic E-state index is -0.0337. The Morgan fingerprint density at radius 3 is 3.04 bits per heavy atom. The second-order valence-corrected chi connectivity index (χ2v) is 7.22. The summed E-state index contributed by atoms with van der Waals surface area (Å²) in [5.41, 5.74) is 2.08. The van der Waals surface area contributed by atoms with Crippen LogP contribution in [-0.2, 0) is 0 Å². The van der Waals surface area contributed by atoms with Gasteiger partial charge in [-0.05, 0) is 56.3 Å². The van der Waals surface area contributed by atoms with E-state index in [9.17, 15) is 4.79 Å². The molecule has 130 valence electrons. The van der Waals surface area contributed by atoms with Gasteiger partial charge in [0, 0.05) is 19.2 Å². The maximum atomic E-state index is 12.7. The van der Waals surface area contributed by atoms with Crippen LogP contribution in [-0.4, -0.2) is 48.2 Å². The topological polar surface area (TPSA) is 61.6 Å². The summed E-state index contributed by atoms with van der Waals surface area (Å²) in [5.74, 6) is 0.780. The Balaban J connectivity index is 1.63. The summed E-state index contributed by atoms with van der Waals surface area (Å²) in [6.45, 7) is 3.23. The van der Waals surface area contributed by atoms with Crippen LogP contribution in [0.4, 0.5) is 4.79 Å². The molecule has 1 aliphatic heterocycles. The van der Waals surface area contributed by atoms with Crippen LogP contribution in [0.25, 0.3) is 0 Å². The quantitative estimate of drug-likeness (QED) is 0.901. The molecule has 0 aromatic carbocycles. The highest BCUT2D eigenvalue weighted by molar-refractivity contribution is 7.07. The molecule has 2 aromatic heterocycles. The summed E-state index contributed by atoms with van der Waals surface area (Å²) in [6, 6.07) is 4.16. The Bertz CT molecular complexity index is 668. The molecule has 3 rings (SSSR count). The van der Waals surface area contributed by atoms with E-state index in [1.165, 1.54) is 5.56 Å². The predicted octanol–water partition coefficient (Wildman–Crippen LogP) is 3.19. The normalized spacial score (nSPS) is 19.0. The number of aromatic nitrogens is 1. The maximum Gasteiger partial charge on any atom is 0.318 e. The van der Waals surface area contributed by atoms with Crippen molar-refractivity contribution in [1.82, 2.24) is 20.3 Å². The van der Waals surface area contributed by atoms with Crippen LogP contribution in [0.3, 0.4) is 0 Å². The number of nitrogens with zero attached hydrogens (tertiary/aromatic N) is 3. The van der Waals surface area contributed by atoms with Crippen LogP contribution in [0, 0.1) is 6.92 Å². The predicted molar refractivity (Wildman–Crippen MR) is 94.1 cm³/mol. The molecule has 0 saturated carbocycles. The van der Waals surface area contributed by atoms with Gasteiger partial charge in [0.1, 0.15) is 0 Å². The minimum absolute atomic E-state index is 0.00912. The molecule has 7 heteroatoms. The molecular formula is C17H24N4O2S. The largest absolute Gasteiger partial charge is 0.359 e. The van der Waals surface area contributed by atoms with Crippen molar-refractivity contribution in [2.75, 3.05) is 27.2 Å². The van der Waals surface area contributed by atoms with E-state index in [0.29, 0.717) is 6.54 Å². The SMILES string of the molecule is Cc1cc([C@H]2CCCN2C(=O)NC[C@@H](c2ccsc2)N(C)C)on1. The number of carbonyl (C=O) groups excluding carboxylic acids is 1. The van der Waals surface area contributed by atoms with Crippen molar-refractivity contribution in [2.45, 2.75) is 31.8 Å². The lowest BCUT2D eigenvalue weighted by atomic mass is 10.1. The smallest absolute Gasteiger partial charge is 0.318 e. The van der Waals surface area contributed by atoms with Gasteiger partial charge < -0.3 is 19.6 Å². The number of hydrogen-bond acceptors (Lipinski definition) is 5. The van der Waals surface area contributed by atoms with Crippen molar-refractivity contribution in [3.05, 3.63) is 39.9 Å². The first-order valence-electron chi connectivity index (χ1n) is 8.22. The van der Waals surface area contributed by atoms with E-state index in [1.807, 2.05) is 32.0 Å². The van der Waals surface area contributed by atoms with Gasteiger partial charge in [-0.25, -0.2) is 4.79 Å². The lowest BCUT2D eigenvalue weighted by Crippen LogP contribution is -2.42. The van der Waals surface area contributed by atoms with Crippen LogP contribution in [0.1, 0.15) is 41.9 Å². The van der Waals surface area contributed by atoms with Gasteiger partial charge in [0.05, 0.1) is 17.8 Å². The Hall–Kier alpha value is -1.86. The number of likely N-dealkylation sites (tertiary alicyclic amines) is 1. The summed E-state index contributed by atoms with van der Waals surface area (Å²) >= 11 is 1.68. The van der Waals surface area contributed by atoms with Gasteiger partial charge in [0.2, 0.25) is 0 Å². The molecule has 1 saturated heterocycles. The summed E-state index contributed by atoms with van der Waals surface area (Å²) in [4.78, 5) is 16.7. The summed E-state index contributed by atoms with van der Waals surface area (Å²) in [5, 5.41) is 11.2. The number of nitrogens with one attached hydrogen (secondary N) is 1. The third kappa shape index (κ3) is 3.62. The van der Waals surface area contributed by atoms with E-state index >= 15 is 0 Å². The number of thiophene rings is 1. The van der Waals surface area contributed by atoms with Gasteiger partial charge in [0.15, 0.2) is 5.76 Å². The molecule has 1 fully saturated rings. The lowest BCUT2D eigenvalue weighted by molar-refractivity contribution is 0.178. The summed E-state index contributed by atoms with van der Waals surface area (Å²) in [6.07, 6.45) is 1.91. The zero-order valence-corrected chi connectivity index (χ0v) is 15.2. The first kappa shape index (κ1) is 17.0. The Morgan fingerprint density at radius 2 is 2.42 bits per heavy atom. The third-order valence-electron chi connectivity index (χ3n) is 4.49. The highest BCUT2D eigenvalue weighted by Crippen LogP contribution is 2.32. The van der Waals surface area contributed by atoms with Crippen molar-refractivity contribution in [3.63, 3.8) is 0 Å². The number of rotatable bonds is 5. The van der Waals surface area contributed by atoms with E-state index < -0.39 is 0 Å². The fourth-order valence-electron chi connectivity index (χ4n) is 3.19. The summed E-state index contributed by atoms with van der Waals surface area (Å²) in [7, 11) is 4.06. The molecule has 1 N–H and O–H groups in total.